The normalized spacial score (nSPS) is 11.0. The van der Waals surface area contributed by atoms with Crippen molar-refractivity contribution < 1.29 is 0 Å². The number of likely N-dealkylation sites (N-methyl/N-ethyl adjacent to an activating group) is 1. The van der Waals surface area contributed by atoms with E-state index in [2.05, 4.69) is 41.0 Å². The minimum absolute atomic E-state index is 1.00. The Balaban J connectivity index is 2.02. The zero-order chi connectivity index (χ0) is 9.52. The molecule has 0 atom stereocenters. The molecule has 13 heavy (non-hydrogen) atoms. The Morgan fingerprint density at radius 2 is 2.38 bits per heavy atom. The molecule has 0 spiro atoms. The molecule has 0 amide bonds. The Morgan fingerprint density at radius 3 is 3.00 bits per heavy atom. The summed E-state index contributed by atoms with van der Waals surface area (Å²) >= 11 is 1.76. The van der Waals surface area contributed by atoms with E-state index < -0.39 is 0 Å². The fourth-order valence-corrected chi connectivity index (χ4v) is 1.72. The molecule has 1 N–H and O–H groups in total. The van der Waals surface area contributed by atoms with Crippen LogP contribution < -0.4 is 5.32 Å². The van der Waals surface area contributed by atoms with Crippen molar-refractivity contribution in [2.24, 2.45) is 0 Å². The summed E-state index contributed by atoms with van der Waals surface area (Å²) in [7, 11) is 2.15. The number of nitrogens with one attached hydrogen (secondary N) is 1. The summed E-state index contributed by atoms with van der Waals surface area (Å²) in [5, 5.41) is 7.73. The SMILES string of the molecule is CCN(C)CCNCc1ccsc1. The van der Waals surface area contributed by atoms with E-state index in [0.29, 0.717) is 0 Å². The molecule has 1 aromatic heterocycles. The summed E-state index contributed by atoms with van der Waals surface area (Å²) in [6.07, 6.45) is 0. The van der Waals surface area contributed by atoms with Crippen LogP contribution in [0.4, 0.5) is 0 Å². The third-order valence-corrected chi connectivity index (χ3v) is 2.85. The van der Waals surface area contributed by atoms with Crippen LogP contribution in [-0.4, -0.2) is 31.6 Å². The van der Waals surface area contributed by atoms with E-state index in [1.54, 1.807) is 11.3 Å². The summed E-state index contributed by atoms with van der Waals surface area (Å²) < 4.78 is 0. The molecule has 0 fully saturated rings. The lowest BCUT2D eigenvalue weighted by Gasteiger charge is -2.13. The molecule has 0 bridgehead atoms. The second kappa shape index (κ2) is 6.13. The van der Waals surface area contributed by atoms with E-state index in [4.69, 9.17) is 0 Å². The third kappa shape index (κ3) is 4.41. The predicted octanol–water partition coefficient (Wildman–Crippen LogP) is 1.79. The Kier molecular flexibility index (Phi) is 5.05. The van der Waals surface area contributed by atoms with E-state index >= 15 is 0 Å². The lowest BCUT2D eigenvalue weighted by atomic mass is 10.3. The maximum absolute atomic E-state index is 3.42. The number of thiophene rings is 1. The minimum atomic E-state index is 1.00. The molecule has 0 aliphatic carbocycles. The molecule has 2 nitrogen and oxygen atoms in total. The van der Waals surface area contributed by atoms with Crippen LogP contribution >= 0.6 is 11.3 Å². The highest BCUT2D eigenvalue weighted by Gasteiger charge is 1.94. The molecule has 1 aromatic rings. The van der Waals surface area contributed by atoms with Crippen LogP contribution in [0.2, 0.25) is 0 Å². The highest BCUT2D eigenvalue weighted by Crippen LogP contribution is 2.04. The second-order valence-electron chi connectivity index (χ2n) is 3.20. The Hall–Kier alpha value is -0.380. The van der Waals surface area contributed by atoms with Gasteiger partial charge in [0.25, 0.3) is 0 Å². The average Bonchev–Trinajstić information content (AvgIpc) is 2.64. The first-order valence-electron chi connectivity index (χ1n) is 4.73. The van der Waals surface area contributed by atoms with Crippen molar-refractivity contribution >= 4 is 11.3 Å². The predicted molar refractivity (Wildman–Crippen MR) is 59.2 cm³/mol. The van der Waals surface area contributed by atoms with Gasteiger partial charge in [-0.05, 0) is 36.0 Å². The van der Waals surface area contributed by atoms with Crippen LogP contribution in [-0.2, 0) is 6.54 Å². The molecule has 0 unspecified atom stereocenters. The van der Waals surface area contributed by atoms with E-state index in [0.717, 1.165) is 26.2 Å². The average molecular weight is 198 g/mol. The standard InChI is InChI=1S/C10H18N2S/c1-3-12(2)6-5-11-8-10-4-7-13-9-10/h4,7,9,11H,3,5-6,8H2,1-2H3. The van der Waals surface area contributed by atoms with Gasteiger partial charge in [0.1, 0.15) is 0 Å². The fraction of sp³-hybridized carbons (Fsp3) is 0.600. The van der Waals surface area contributed by atoms with Crippen LogP contribution in [0, 0.1) is 0 Å². The van der Waals surface area contributed by atoms with Crippen LogP contribution in [0.3, 0.4) is 0 Å². The number of hydrogen-bond acceptors (Lipinski definition) is 3. The molecule has 1 rings (SSSR count). The highest BCUT2D eigenvalue weighted by atomic mass is 32.1. The van der Waals surface area contributed by atoms with Crippen molar-refractivity contribution in [3.05, 3.63) is 22.4 Å². The van der Waals surface area contributed by atoms with Crippen molar-refractivity contribution in [2.45, 2.75) is 13.5 Å². The fourth-order valence-electron chi connectivity index (χ4n) is 1.05. The van der Waals surface area contributed by atoms with Crippen molar-refractivity contribution in [1.29, 1.82) is 0 Å². The summed E-state index contributed by atoms with van der Waals surface area (Å²) in [6.45, 7) is 6.50. The van der Waals surface area contributed by atoms with Crippen molar-refractivity contribution in [2.75, 3.05) is 26.7 Å². The molecule has 3 heteroatoms. The summed E-state index contributed by atoms with van der Waals surface area (Å²) in [5.74, 6) is 0. The zero-order valence-electron chi connectivity index (χ0n) is 8.42. The van der Waals surface area contributed by atoms with Gasteiger partial charge in [-0.3, -0.25) is 0 Å². The Labute approximate surface area is 84.6 Å². The summed E-state index contributed by atoms with van der Waals surface area (Å²) in [4.78, 5) is 2.31. The largest absolute Gasteiger partial charge is 0.311 e. The number of rotatable bonds is 6. The van der Waals surface area contributed by atoms with Gasteiger partial charge in [0, 0.05) is 19.6 Å². The van der Waals surface area contributed by atoms with Gasteiger partial charge in [0.05, 0.1) is 0 Å². The maximum atomic E-state index is 3.42. The molecule has 74 valence electrons. The van der Waals surface area contributed by atoms with Gasteiger partial charge >= 0.3 is 0 Å². The van der Waals surface area contributed by atoms with Crippen molar-refractivity contribution in [1.82, 2.24) is 10.2 Å². The van der Waals surface area contributed by atoms with Gasteiger partial charge in [0.15, 0.2) is 0 Å². The van der Waals surface area contributed by atoms with Crippen LogP contribution in [0.5, 0.6) is 0 Å². The third-order valence-electron chi connectivity index (χ3n) is 2.12. The Morgan fingerprint density at radius 1 is 1.54 bits per heavy atom. The quantitative estimate of drug-likeness (QED) is 0.701. The van der Waals surface area contributed by atoms with Gasteiger partial charge in [-0.2, -0.15) is 11.3 Å². The maximum Gasteiger partial charge on any atom is 0.0214 e. The molecule has 0 aliphatic heterocycles. The van der Waals surface area contributed by atoms with Gasteiger partial charge in [-0.1, -0.05) is 6.92 Å². The first-order chi connectivity index (χ1) is 6.33. The van der Waals surface area contributed by atoms with Gasteiger partial charge in [0.2, 0.25) is 0 Å². The lowest BCUT2D eigenvalue weighted by Crippen LogP contribution is -2.28. The number of nitrogens with zero attached hydrogens (tertiary/aromatic N) is 1. The lowest BCUT2D eigenvalue weighted by molar-refractivity contribution is 0.349. The second-order valence-corrected chi connectivity index (χ2v) is 3.98. The number of hydrogen-bond donors (Lipinski definition) is 1. The Bertz CT molecular complexity index is 209. The van der Waals surface area contributed by atoms with Gasteiger partial charge in [-0.15, -0.1) is 0 Å². The molecule has 0 saturated carbocycles. The van der Waals surface area contributed by atoms with Crippen LogP contribution in [0.1, 0.15) is 12.5 Å². The first kappa shape index (κ1) is 10.7. The van der Waals surface area contributed by atoms with Crippen molar-refractivity contribution in [3.63, 3.8) is 0 Å². The minimum Gasteiger partial charge on any atom is -0.311 e. The van der Waals surface area contributed by atoms with Crippen LogP contribution in [0.25, 0.3) is 0 Å². The van der Waals surface area contributed by atoms with E-state index in [9.17, 15) is 0 Å². The van der Waals surface area contributed by atoms with Crippen molar-refractivity contribution in [3.8, 4) is 0 Å². The highest BCUT2D eigenvalue weighted by molar-refractivity contribution is 7.07. The van der Waals surface area contributed by atoms with Crippen LogP contribution in [0.15, 0.2) is 16.8 Å². The summed E-state index contributed by atoms with van der Waals surface area (Å²) in [5.41, 5.74) is 1.39. The monoisotopic (exact) mass is 198 g/mol. The molecular weight excluding hydrogens is 180 g/mol. The van der Waals surface area contributed by atoms with Gasteiger partial charge in [-0.25, -0.2) is 0 Å². The molecule has 1 heterocycles. The zero-order valence-corrected chi connectivity index (χ0v) is 9.23. The molecule has 0 aromatic carbocycles. The van der Waals surface area contributed by atoms with E-state index in [1.165, 1.54) is 5.56 Å². The van der Waals surface area contributed by atoms with Gasteiger partial charge < -0.3 is 10.2 Å². The topological polar surface area (TPSA) is 15.3 Å². The summed E-state index contributed by atoms with van der Waals surface area (Å²) in [6, 6.07) is 2.17. The smallest absolute Gasteiger partial charge is 0.0214 e. The molecule has 0 aliphatic rings. The molecule has 0 radical (unpaired) electrons. The van der Waals surface area contributed by atoms with E-state index in [1.807, 2.05) is 0 Å². The van der Waals surface area contributed by atoms with E-state index in [-0.39, 0.29) is 0 Å². The molecule has 0 saturated heterocycles. The molecular formula is C10H18N2S. The first-order valence-corrected chi connectivity index (χ1v) is 5.67.